The van der Waals surface area contributed by atoms with Crippen LogP contribution in [-0.4, -0.2) is 24.9 Å². The Morgan fingerprint density at radius 1 is 1.50 bits per heavy atom. The van der Waals surface area contributed by atoms with Crippen molar-refractivity contribution in [2.45, 2.75) is 31.7 Å². The van der Waals surface area contributed by atoms with Crippen molar-refractivity contribution in [3.8, 4) is 0 Å². The molecule has 14 heavy (non-hydrogen) atoms. The monoisotopic (exact) mass is 228 g/mol. The molecule has 0 saturated heterocycles. The van der Waals surface area contributed by atoms with E-state index in [1.165, 1.54) is 0 Å². The van der Waals surface area contributed by atoms with Crippen LogP contribution in [0.3, 0.4) is 0 Å². The van der Waals surface area contributed by atoms with E-state index >= 15 is 0 Å². The van der Waals surface area contributed by atoms with Crippen molar-refractivity contribution in [3.63, 3.8) is 0 Å². The van der Waals surface area contributed by atoms with Crippen molar-refractivity contribution in [3.05, 3.63) is 0 Å². The fourth-order valence-electron chi connectivity index (χ4n) is 1.58. The number of hydrogen-bond donors (Lipinski definition) is 2. The third-order valence-electron chi connectivity index (χ3n) is 2.27. The molecule has 0 aromatic rings. The van der Waals surface area contributed by atoms with E-state index in [9.17, 15) is 13.6 Å². The van der Waals surface area contributed by atoms with Crippen LogP contribution in [0.1, 0.15) is 19.3 Å². The molecular weight excluding hydrogens is 214 g/mol. The molecule has 0 aliphatic heterocycles. The maximum atomic E-state index is 11.7. The van der Waals surface area contributed by atoms with Gasteiger partial charge < -0.3 is 11.1 Å². The van der Waals surface area contributed by atoms with E-state index in [0.29, 0.717) is 6.42 Å². The van der Waals surface area contributed by atoms with E-state index in [0.717, 1.165) is 12.8 Å². The maximum absolute atomic E-state index is 11.7. The minimum atomic E-state index is -2.47. The van der Waals surface area contributed by atoms with Crippen LogP contribution >= 0.6 is 12.4 Å². The summed E-state index contributed by atoms with van der Waals surface area (Å²) in [6.07, 6.45) is -0.322. The second-order valence-corrected chi connectivity index (χ2v) is 3.41. The third-order valence-corrected chi connectivity index (χ3v) is 2.27. The summed E-state index contributed by atoms with van der Waals surface area (Å²) in [5.74, 6) is -0.443. The zero-order valence-electron chi connectivity index (χ0n) is 7.71. The number of nitrogens with two attached hydrogens (primary N) is 1. The summed E-state index contributed by atoms with van der Waals surface area (Å²) >= 11 is 0. The molecule has 3 N–H and O–H groups in total. The highest BCUT2D eigenvalue weighted by Gasteiger charge is 2.27. The van der Waals surface area contributed by atoms with E-state index in [-0.39, 0.29) is 30.3 Å². The van der Waals surface area contributed by atoms with Gasteiger partial charge in [-0.05, 0) is 19.3 Å². The van der Waals surface area contributed by atoms with Gasteiger partial charge in [0.2, 0.25) is 5.91 Å². The Balaban J connectivity index is 0.00000169. The predicted molar refractivity (Wildman–Crippen MR) is 51.6 cm³/mol. The van der Waals surface area contributed by atoms with Gasteiger partial charge in [0.05, 0.1) is 6.54 Å². The average molecular weight is 229 g/mol. The van der Waals surface area contributed by atoms with E-state index in [4.69, 9.17) is 5.73 Å². The molecule has 0 spiro atoms. The maximum Gasteiger partial charge on any atom is 0.255 e. The molecule has 0 bridgehead atoms. The van der Waals surface area contributed by atoms with Crippen molar-refractivity contribution >= 4 is 18.3 Å². The number of hydrogen-bond acceptors (Lipinski definition) is 2. The van der Waals surface area contributed by atoms with E-state index < -0.39 is 13.0 Å². The molecule has 1 rings (SSSR count). The molecule has 6 heteroatoms. The second-order valence-electron chi connectivity index (χ2n) is 3.41. The molecule has 0 aromatic carbocycles. The second kappa shape index (κ2) is 6.14. The molecule has 84 valence electrons. The van der Waals surface area contributed by atoms with Gasteiger partial charge >= 0.3 is 0 Å². The number of nitrogens with one attached hydrogen (secondary N) is 1. The molecule has 0 radical (unpaired) electrons. The number of rotatable bonds is 3. The van der Waals surface area contributed by atoms with Gasteiger partial charge in [0.25, 0.3) is 6.43 Å². The zero-order chi connectivity index (χ0) is 9.84. The lowest BCUT2D eigenvalue weighted by Crippen LogP contribution is -2.33. The molecule has 1 saturated carbocycles. The normalized spacial score (nSPS) is 26.0. The summed E-state index contributed by atoms with van der Waals surface area (Å²) in [5, 5.41) is 2.20. The molecule has 0 heterocycles. The van der Waals surface area contributed by atoms with Gasteiger partial charge in [0.15, 0.2) is 0 Å². The molecule has 3 nitrogen and oxygen atoms in total. The quantitative estimate of drug-likeness (QED) is 0.755. The Labute approximate surface area is 87.8 Å². The Hall–Kier alpha value is -0.420. The van der Waals surface area contributed by atoms with Crippen LogP contribution in [0.15, 0.2) is 0 Å². The predicted octanol–water partition coefficient (Wildman–Crippen LogP) is 0.917. The fourth-order valence-corrected chi connectivity index (χ4v) is 1.58. The minimum Gasteiger partial charge on any atom is -0.350 e. The first-order chi connectivity index (χ1) is 6.09. The highest BCUT2D eigenvalue weighted by Crippen LogP contribution is 2.23. The Morgan fingerprint density at radius 2 is 2.14 bits per heavy atom. The summed E-state index contributed by atoms with van der Waals surface area (Å²) in [5.41, 5.74) is 5.59. The molecule has 1 aliphatic carbocycles. The average Bonchev–Trinajstić information content (AvgIpc) is 2.47. The van der Waals surface area contributed by atoms with Gasteiger partial charge in [0, 0.05) is 12.0 Å². The van der Waals surface area contributed by atoms with Gasteiger partial charge in [-0.25, -0.2) is 8.78 Å². The van der Waals surface area contributed by atoms with Gasteiger partial charge in [-0.3, -0.25) is 4.79 Å². The number of carbonyl (C=O) groups excluding carboxylic acids is 1. The number of carbonyl (C=O) groups is 1. The van der Waals surface area contributed by atoms with Gasteiger partial charge in [-0.1, -0.05) is 0 Å². The van der Waals surface area contributed by atoms with Gasteiger partial charge in [-0.2, -0.15) is 0 Å². The number of amides is 1. The highest BCUT2D eigenvalue weighted by molar-refractivity contribution is 5.85. The Kier molecular flexibility index (Phi) is 5.95. The number of alkyl halides is 2. The first kappa shape index (κ1) is 13.6. The van der Waals surface area contributed by atoms with Crippen molar-refractivity contribution < 1.29 is 13.6 Å². The van der Waals surface area contributed by atoms with Crippen LogP contribution < -0.4 is 11.1 Å². The lowest BCUT2D eigenvalue weighted by Gasteiger charge is -2.09. The van der Waals surface area contributed by atoms with Crippen molar-refractivity contribution in [2.75, 3.05) is 6.54 Å². The lowest BCUT2D eigenvalue weighted by molar-refractivity contribution is -0.125. The highest BCUT2D eigenvalue weighted by atomic mass is 35.5. The molecule has 0 aromatic heterocycles. The van der Waals surface area contributed by atoms with Crippen molar-refractivity contribution in [1.82, 2.24) is 5.32 Å². The lowest BCUT2D eigenvalue weighted by atomic mass is 10.1. The van der Waals surface area contributed by atoms with Crippen molar-refractivity contribution in [1.29, 1.82) is 0 Å². The van der Waals surface area contributed by atoms with E-state index in [1.807, 2.05) is 0 Å². The van der Waals surface area contributed by atoms with Crippen molar-refractivity contribution in [2.24, 2.45) is 11.7 Å². The molecule has 2 atom stereocenters. The zero-order valence-corrected chi connectivity index (χ0v) is 8.53. The summed E-state index contributed by atoms with van der Waals surface area (Å²) < 4.78 is 23.4. The van der Waals surface area contributed by atoms with Gasteiger partial charge in [-0.15, -0.1) is 12.4 Å². The standard InChI is InChI=1S/C8H14F2N2O.ClH/c9-7(10)4-12-8(13)5-1-2-6(11)3-5;/h5-7H,1-4,11H2,(H,12,13);1H. The smallest absolute Gasteiger partial charge is 0.255 e. The number of halogens is 3. The molecule has 1 fully saturated rings. The van der Waals surface area contributed by atoms with Crippen LogP contribution in [0.25, 0.3) is 0 Å². The third kappa shape index (κ3) is 4.19. The van der Waals surface area contributed by atoms with Crippen LogP contribution in [0.5, 0.6) is 0 Å². The summed E-state index contributed by atoms with van der Waals surface area (Å²) in [7, 11) is 0. The SMILES string of the molecule is Cl.NC1CCC(C(=O)NCC(F)F)C1. The van der Waals surface area contributed by atoms with Crippen LogP contribution in [0.4, 0.5) is 8.78 Å². The van der Waals surface area contributed by atoms with E-state index in [1.54, 1.807) is 0 Å². The largest absolute Gasteiger partial charge is 0.350 e. The first-order valence-corrected chi connectivity index (χ1v) is 4.41. The summed E-state index contributed by atoms with van der Waals surface area (Å²) in [6.45, 7) is -0.551. The first-order valence-electron chi connectivity index (χ1n) is 4.41. The van der Waals surface area contributed by atoms with Crippen LogP contribution in [0, 0.1) is 5.92 Å². The Bertz CT molecular complexity index is 192. The summed E-state index contributed by atoms with van der Waals surface area (Å²) in [6, 6.07) is 0.0577. The molecule has 1 aliphatic rings. The summed E-state index contributed by atoms with van der Waals surface area (Å²) in [4.78, 5) is 11.2. The minimum absolute atomic E-state index is 0. The molecular formula is C8H15ClF2N2O. The van der Waals surface area contributed by atoms with E-state index in [2.05, 4.69) is 5.32 Å². The van der Waals surface area contributed by atoms with Crippen LogP contribution in [-0.2, 0) is 4.79 Å². The topological polar surface area (TPSA) is 55.1 Å². The van der Waals surface area contributed by atoms with Crippen LogP contribution in [0.2, 0.25) is 0 Å². The molecule has 1 amide bonds. The Morgan fingerprint density at radius 3 is 2.57 bits per heavy atom. The van der Waals surface area contributed by atoms with Gasteiger partial charge in [0.1, 0.15) is 0 Å². The fraction of sp³-hybridized carbons (Fsp3) is 0.875. The molecule has 2 unspecified atom stereocenters.